The van der Waals surface area contributed by atoms with Gasteiger partial charge in [-0.2, -0.15) is 10.1 Å². The minimum atomic E-state index is -0.814. The number of hydrogen-bond donors (Lipinski definition) is 0. The summed E-state index contributed by atoms with van der Waals surface area (Å²) in [4.78, 5) is 31.3. The summed E-state index contributed by atoms with van der Waals surface area (Å²) < 4.78 is 5.10. The van der Waals surface area contributed by atoms with Gasteiger partial charge in [0.25, 0.3) is 5.91 Å². The van der Waals surface area contributed by atoms with Crippen LogP contribution < -0.4 is 14.8 Å². The van der Waals surface area contributed by atoms with E-state index in [1.54, 1.807) is 31.2 Å². The van der Waals surface area contributed by atoms with Gasteiger partial charge >= 0.3 is 5.97 Å². The summed E-state index contributed by atoms with van der Waals surface area (Å²) in [5.74, 6) is -0.429. The van der Waals surface area contributed by atoms with Crippen molar-refractivity contribution < 1.29 is 14.3 Å². The number of halogens is 1. The number of esters is 1. The first-order valence-electron chi connectivity index (χ1n) is 12.9. The van der Waals surface area contributed by atoms with Crippen LogP contribution in [0.4, 0.5) is 17.1 Å². The van der Waals surface area contributed by atoms with Crippen molar-refractivity contribution in [1.29, 1.82) is 0 Å². The van der Waals surface area contributed by atoms with Crippen LogP contribution in [0.1, 0.15) is 29.8 Å². The van der Waals surface area contributed by atoms with Crippen molar-refractivity contribution in [2.75, 3.05) is 41.0 Å². The van der Waals surface area contributed by atoms with E-state index < -0.39 is 5.41 Å². The van der Waals surface area contributed by atoms with Crippen LogP contribution in [-0.4, -0.2) is 49.9 Å². The van der Waals surface area contributed by atoms with Gasteiger partial charge in [0.15, 0.2) is 0 Å². The van der Waals surface area contributed by atoms with E-state index in [-0.39, 0.29) is 17.9 Å². The molecule has 0 saturated carbocycles. The number of carbonyl (C=O) groups is 2. The van der Waals surface area contributed by atoms with Crippen LogP contribution in [-0.2, 0) is 16.0 Å². The molecule has 0 bridgehead atoms. The van der Waals surface area contributed by atoms with Gasteiger partial charge in [-0.25, -0.2) is 4.79 Å². The van der Waals surface area contributed by atoms with Crippen molar-refractivity contribution in [2.45, 2.75) is 26.3 Å². The molecule has 194 valence electrons. The van der Waals surface area contributed by atoms with Crippen molar-refractivity contribution in [3.8, 4) is 0 Å². The fourth-order valence-corrected chi connectivity index (χ4v) is 6.29. The molecule has 1 spiro atoms. The van der Waals surface area contributed by atoms with Gasteiger partial charge in [-0.05, 0) is 74.4 Å². The number of nitrogens with zero attached hydrogens (tertiary/aromatic N) is 4. The first-order valence-corrected chi connectivity index (χ1v) is 13.3. The van der Waals surface area contributed by atoms with E-state index >= 15 is 0 Å². The number of anilines is 3. The Bertz CT molecular complexity index is 1440. The Morgan fingerprint density at radius 3 is 2.61 bits per heavy atom. The maximum absolute atomic E-state index is 14.4. The van der Waals surface area contributed by atoms with Crippen molar-refractivity contribution in [3.05, 3.63) is 88.9 Å². The third-order valence-corrected chi connectivity index (χ3v) is 8.22. The number of carbonyl (C=O) groups excluding carboxylic acids is 2. The Balaban J connectivity index is 1.38. The third kappa shape index (κ3) is 3.84. The summed E-state index contributed by atoms with van der Waals surface area (Å²) in [6, 6.07) is 23.0. The largest absolute Gasteiger partial charge is 0.462 e. The van der Waals surface area contributed by atoms with Gasteiger partial charge in [0, 0.05) is 36.0 Å². The molecule has 7 nitrogen and oxygen atoms in total. The van der Waals surface area contributed by atoms with Crippen molar-refractivity contribution in [1.82, 2.24) is 0 Å². The molecule has 3 aliphatic heterocycles. The second-order valence-corrected chi connectivity index (χ2v) is 10.4. The highest BCUT2D eigenvalue weighted by molar-refractivity contribution is 6.30. The van der Waals surface area contributed by atoms with Crippen LogP contribution in [0.5, 0.6) is 0 Å². The molecule has 6 rings (SSSR count). The molecular formula is C30H29ClN4O3. The molecule has 1 amide bonds. The van der Waals surface area contributed by atoms with Crippen molar-refractivity contribution >= 4 is 46.3 Å². The number of ether oxygens (including phenoxy) is 1. The maximum Gasteiger partial charge on any atom is 0.338 e. The Morgan fingerprint density at radius 1 is 1.05 bits per heavy atom. The predicted molar refractivity (Wildman–Crippen MR) is 150 cm³/mol. The Hall–Kier alpha value is -3.84. The molecular weight excluding hydrogens is 500 g/mol. The van der Waals surface area contributed by atoms with E-state index in [0.717, 1.165) is 30.1 Å². The maximum atomic E-state index is 14.4. The summed E-state index contributed by atoms with van der Waals surface area (Å²) >= 11 is 6.32. The number of piperazine rings is 1. The number of amides is 1. The van der Waals surface area contributed by atoms with Crippen LogP contribution in [0, 0.1) is 5.41 Å². The van der Waals surface area contributed by atoms with Crippen LogP contribution >= 0.6 is 11.6 Å². The fraction of sp³-hybridized carbons (Fsp3) is 0.300. The van der Waals surface area contributed by atoms with Crippen molar-refractivity contribution in [2.24, 2.45) is 10.5 Å². The molecule has 38 heavy (non-hydrogen) atoms. The second-order valence-electron chi connectivity index (χ2n) is 9.98. The molecule has 0 aliphatic carbocycles. The highest BCUT2D eigenvalue weighted by Crippen LogP contribution is 2.48. The molecule has 3 aliphatic rings. The van der Waals surface area contributed by atoms with E-state index in [4.69, 9.17) is 21.4 Å². The average molecular weight is 529 g/mol. The molecule has 0 aromatic heterocycles. The van der Waals surface area contributed by atoms with Crippen molar-refractivity contribution in [3.63, 3.8) is 0 Å². The molecule has 3 aromatic rings. The summed E-state index contributed by atoms with van der Waals surface area (Å²) in [6.07, 6.45) is 0.583. The molecule has 1 saturated heterocycles. The molecule has 0 unspecified atom stereocenters. The summed E-state index contributed by atoms with van der Waals surface area (Å²) in [6.45, 7) is 6.33. The Morgan fingerprint density at radius 2 is 1.84 bits per heavy atom. The normalized spacial score (nSPS) is 22.3. The van der Waals surface area contributed by atoms with Crippen LogP contribution in [0.2, 0.25) is 5.02 Å². The zero-order chi connectivity index (χ0) is 26.4. The first kappa shape index (κ1) is 24.5. The second kappa shape index (κ2) is 9.48. The van der Waals surface area contributed by atoms with E-state index in [2.05, 4.69) is 34.1 Å². The first-order chi connectivity index (χ1) is 18.4. The Labute approximate surface area is 227 Å². The minimum absolute atomic E-state index is 0.0451. The lowest BCUT2D eigenvalue weighted by Gasteiger charge is -2.53. The number of hydrazone groups is 1. The lowest BCUT2D eigenvalue weighted by atomic mass is 9.67. The number of benzene rings is 3. The Kier molecular flexibility index (Phi) is 6.11. The van der Waals surface area contributed by atoms with Gasteiger partial charge in [0.1, 0.15) is 5.41 Å². The fourth-order valence-electron chi connectivity index (χ4n) is 6.10. The lowest BCUT2D eigenvalue weighted by Crippen LogP contribution is -2.67. The number of para-hydroxylation sites is 1. The number of hydrogen-bond acceptors (Lipinski definition) is 6. The lowest BCUT2D eigenvalue weighted by molar-refractivity contribution is -0.125. The summed E-state index contributed by atoms with van der Waals surface area (Å²) in [5, 5.41) is 7.03. The molecule has 1 fully saturated rings. The topological polar surface area (TPSA) is 65.5 Å². The van der Waals surface area contributed by atoms with Gasteiger partial charge in [0.05, 0.1) is 29.6 Å². The van der Waals surface area contributed by atoms with Gasteiger partial charge in [-0.3, -0.25) is 4.79 Å². The number of fused-ring (bicyclic) bond motifs is 4. The highest BCUT2D eigenvalue weighted by atomic mass is 35.5. The summed E-state index contributed by atoms with van der Waals surface area (Å²) in [7, 11) is 0. The standard InChI is InChI=1S/C30H29ClN4O3/c1-3-38-28(36)21-11-13-24(14-12-21)35-29(37)30(20(2)32-35)18-22-7-4-5-10-26(22)34-16-15-33(19-27(30)34)25-9-6-8-23(31)17-25/h4-14,17,27H,3,15-16,18-19H2,1-2H3/t27-,30-/m0/s1. The predicted octanol–water partition coefficient (Wildman–Crippen LogP) is 5.18. The molecule has 2 atom stereocenters. The van der Waals surface area contributed by atoms with Gasteiger partial charge in [0.2, 0.25) is 0 Å². The molecule has 0 N–H and O–H groups in total. The van der Waals surface area contributed by atoms with E-state index in [0.29, 0.717) is 35.8 Å². The SMILES string of the molecule is CCOC(=O)c1ccc(N2N=C(C)[C@]3(Cc4ccccc4N4CCN(c5cccc(Cl)c5)C[C@H]43)C2=O)cc1. The monoisotopic (exact) mass is 528 g/mol. The van der Waals surface area contributed by atoms with Crippen LogP contribution in [0.3, 0.4) is 0 Å². The average Bonchev–Trinajstić information content (AvgIpc) is 3.18. The van der Waals surface area contributed by atoms with Gasteiger partial charge < -0.3 is 14.5 Å². The summed E-state index contributed by atoms with van der Waals surface area (Å²) in [5.41, 5.74) is 4.46. The van der Waals surface area contributed by atoms with E-state index in [1.807, 2.05) is 31.2 Å². The minimum Gasteiger partial charge on any atom is -0.462 e. The third-order valence-electron chi connectivity index (χ3n) is 7.99. The van der Waals surface area contributed by atoms with E-state index in [9.17, 15) is 9.59 Å². The molecule has 0 radical (unpaired) electrons. The van der Waals surface area contributed by atoms with Gasteiger partial charge in [-0.1, -0.05) is 35.9 Å². The smallest absolute Gasteiger partial charge is 0.338 e. The molecule has 3 aromatic carbocycles. The zero-order valence-electron chi connectivity index (χ0n) is 21.4. The van der Waals surface area contributed by atoms with Crippen LogP contribution in [0.25, 0.3) is 0 Å². The quantitative estimate of drug-likeness (QED) is 0.437. The zero-order valence-corrected chi connectivity index (χ0v) is 22.2. The van der Waals surface area contributed by atoms with Crippen LogP contribution in [0.15, 0.2) is 77.9 Å². The molecule has 8 heteroatoms. The molecule has 3 heterocycles. The van der Waals surface area contributed by atoms with Gasteiger partial charge in [-0.15, -0.1) is 0 Å². The van der Waals surface area contributed by atoms with E-state index in [1.165, 1.54) is 10.7 Å². The number of rotatable bonds is 4. The highest BCUT2D eigenvalue weighted by Gasteiger charge is 2.59.